The van der Waals surface area contributed by atoms with Crippen molar-refractivity contribution in [3.05, 3.63) is 35.6 Å². The van der Waals surface area contributed by atoms with Crippen LogP contribution in [0.3, 0.4) is 0 Å². The number of amides is 1. The van der Waals surface area contributed by atoms with E-state index in [0.717, 1.165) is 5.57 Å². The number of allylic oxidation sites excluding steroid dienone is 3. The Morgan fingerprint density at radius 1 is 1.25 bits per heavy atom. The molecule has 0 fully saturated rings. The molecule has 0 bridgehead atoms. The maximum atomic E-state index is 10.9. The zero-order chi connectivity index (χ0) is 11.7. The Balaban J connectivity index is 2.37. The lowest BCUT2D eigenvalue weighted by atomic mass is 9.96. The van der Waals surface area contributed by atoms with Crippen molar-refractivity contribution in [1.82, 2.24) is 0 Å². The zero-order valence-corrected chi connectivity index (χ0v) is 9.23. The fraction of sp³-hybridized carbons (Fsp3) is 0.200. The van der Waals surface area contributed by atoms with Gasteiger partial charge in [0.05, 0.1) is 10.6 Å². The number of carbonyl (C=O) groups excluding carboxylic acids is 1. The van der Waals surface area contributed by atoms with Crippen molar-refractivity contribution in [3.63, 3.8) is 0 Å². The zero-order valence-electron chi connectivity index (χ0n) is 8.41. The van der Waals surface area contributed by atoms with Crippen LogP contribution in [0.5, 0.6) is 0 Å². The molecule has 2 aliphatic rings. The van der Waals surface area contributed by atoms with E-state index in [1.807, 2.05) is 0 Å². The smallest absolute Gasteiger partial charge is 0.266 e. The third kappa shape index (κ3) is 1.92. The van der Waals surface area contributed by atoms with Crippen LogP contribution in [-0.4, -0.2) is 19.2 Å². The van der Waals surface area contributed by atoms with Crippen molar-refractivity contribution >= 4 is 21.1 Å². The Morgan fingerprint density at radius 3 is 2.50 bits per heavy atom. The Bertz CT molecular complexity index is 598. The van der Waals surface area contributed by atoms with Crippen LogP contribution >= 0.6 is 0 Å². The molecule has 0 radical (unpaired) electrons. The standard InChI is InChI=1S/C10H8N2O3S/c1-6-4-7(2-3-9(6)16(14)15)8-5-10(13)12-11-8/h2-6H,1H3. The van der Waals surface area contributed by atoms with Gasteiger partial charge in [0.1, 0.15) is 0 Å². The Kier molecular flexibility index (Phi) is 2.66. The van der Waals surface area contributed by atoms with Gasteiger partial charge in [-0.2, -0.15) is 8.42 Å². The van der Waals surface area contributed by atoms with Gasteiger partial charge in [0, 0.05) is 12.0 Å². The molecule has 5 nitrogen and oxygen atoms in total. The van der Waals surface area contributed by atoms with Gasteiger partial charge in [0.2, 0.25) is 10.3 Å². The summed E-state index contributed by atoms with van der Waals surface area (Å²) in [6.45, 7) is 1.77. The van der Waals surface area contributed by atoms with Gasteiger partial charge in [-0.1, -0.05) is 19.1 Å². The normalized spacial score (nSPS) is 23.4. The summed E-state index contributed by atoms with van der Waals surface area (Å²) >= 11 is 0. The summed E-state index contributed by atoms with van der Waals surface area (Å²) < 4.78 is 21.6. The molecule has 82 valence electrons. The van der Waals surface area contributed by atoms with E-state index in [9.17, 15) is 13.2 Å². The van der Waals surface area contributed by atoms with Crippen LogP contribution in [0.1, 0.15) is 6.92 Å². The predicted molar refractivity (Wildman–Crippen MR) is 58.3 cm³/mol. The Hall–Kier alpha value is -1.82. The maximum absolute atomic E-state index is 10.9. The van der Waals surface area contributed by atoms with Crippen LogP contribution in [0.4, 0.5) is 0 Å². The second-order valence-corrected chi connectivity index (χ2v) is 4.39. The topological polar surface area (TPSA) is 75.9 Å². The molecule has 16 heavy (non-hydrogen) atoms. The molecule has 1 heterocycles. The molecule has 0 aromatic heterocycles. The maximum Gasteiger partial charge on any atom is 0.290 e. The molecular formula is C10H8N2O3S. The van der Waals surface area contributed by atoms with Crippen molar-refractivity contribution in [2.45, 2.75) is 6.92 Å². The van der Waals surface area contributed by atoms with Gasteiger partial charge >= 0.3 is 0 Å². The van der Waals surface area contributed by atoms with E-state index < -0.39 is 10.3 Å². The van der Waals surface area contributed by atoms with Crippen LogP contribution in [0.2, 0.25) is 0 Å². The quantitative estimate of drug-likeness (QED) is 0.638. The van der Waals surface area contributed by atoms with Gasteiger partial charge in [-0.25, -0.2) is 0 Å². The summed E-state index contributed by atoms with van der Waals surface area (Å²) in [7, 11) is -2.21. The molecule has 0 spiro atoms. The fourth-order valence-electron chi connectivity index (χ4n) is 1.53. The molecule has 0 N–H and O–H groups in total. The lowest BCUT2D eigenvalue weighted by Gasteiger charge is -2.11. The summed E-state index contributed by atoms with van der Waals surface area (Å²) in [6, 6.07) is 0. The van der Waals surface area contributed by atoms with Gasteiger partial charge in [0.15, 0.2) is 0 Å². The van der Waals surface area contributed by atoms with Crippen LogP contribution < -0.4 is 0 Å². The Morgan fingerprint density at radius 2 is 2.00 bits per heavy atom. The van der Waals surface area contributed by atoms with Crippen LogP contribution in [-0.2, 0) is 15.1 Å². The van der Waals surface area contributed by atoms with E-state index >= 15 is 0 Å². The van der Waals surface area contributed by atoms with E-state index in [0.29, 0.717) is 10.6 Å². The second-order valence-electron chi connectivity index (χ2n) is 3.45. The highest BCUT2D eigenvalue weighted by Crippen LogP contribution is 2.23. The number of hydrogen-bond donors (Lipinski definition) is 0. The average Bonchev–Trinajstić information content (AvgIpc) is 2.64. The molecule has 0 aromatic carbocycles. The Labute approximate surface area is 93.4 Å². The highest BCUT2D eigenvalue weighted by atomic mass is 32.2. The highest BCUT2D eigenvalue weighted by Gasteiger charge is 2.17. The molecule has 6 heteroatoms. The van der Waals surface area contributed by atoms with Crippen molar-refractivity contribution in [1.29, 1.82) is 0 Å². The van der Waals surface area contributed by atoms with E-state index in [-0.39, 0.29) is 11.8 Å². The first kappa shape index (κ1) is 10.7. The monoisotopic (exact) mass is 236 g/mol. The second kappa shape index (κ2) is 3.97. The molecule has 1 aliphatic heterocycles. The van der Waals surface area contributed by atoms with Crippen LogP contribution in [0.15, 0.2) is 45.8 Å². The third-order valence-electron chi connectivity index (χ3n) is 2.31. The van der Waals surface area contributed by atoms with Crippen molar-refractivity contribution in [2.24, 2.45) is 16.1 Å². The molecule has 0 aromatic rings. The average molecular weight is 236 g/mol. The highest BCUT2D eigenvalue weighted by molar-refractivity contribution is 7.73. The lowest BCUT2D eigenvalue weighted by molar-refractivity contribution is -0.113. The number of rotatable bonds is 1. The summed E-state index contributed by atoms with van der Waals surface area (Å²) in [5.74, 6) is -0.607. The number of nitrogens with zero attached hydrogens (tertiary/aromatic N) is 2. The molecule has 0 saturated carbocycles. The molecule has 1 amide bonds. The first-order valence-electron chi connectivity index (χ1n) is 4.61. The van der Waals surface area contributed by atoms with E-state index in [2.05, 4.69) is 10.2 Å². The van der Waals surface area contributed by atoms with E-state index in [4.69, 9.17) is 0 Å². The molecule has 0 saturated heterocycles. The predicted octanol–water partition coefficient (Wildman–Crippen LogP) is 1.05. The van der Waals surface area contributed by atoms with Gasteiger partial charge < -0.3 is 0 Å². The fourth-order valence-corrected chi connectivity index (χ4v) is 2.08. The van der Waals surface area contributed by atoms with Gasteiger partial charge in [-0.3, -0.25) is 4.79 Å². The molecule has 1 aliphatic carbocycles. The largest absolute Gasteiger partial charge is 0.290 e. The minimum Gasteiger partial charge on any atom is -0.266 e. The van der Waals surface area contributed by atoms with Crippen LogP contribution in [0.25, 0.3) is 0 Å². The molecule has 2 rings (SSSR count). The van der Waals surface area contributed by atoms with Crippen LogP contribution in [0, 0.1) is 5.92 Å². The van der Waals surface area contributed by atoms with Crippen molar-refractivity contribution in [3.8, 4) is 0 Å². The minimum atomic E-state index is -2.21. The van der Waals surface area contributed by atoms with E-state index in [1.54, 1.807) is 19.1 Å². The first-order chi connectivity index (χ1) is 7.58. The third-order valence-corrected chi connectivity index (χ3v) is 3.20. The summed E-state index contributed by atoms with van der Waals surface area (Å²) in [4.78, 5) is 11.2. The summed E-state index contributed by atoms with van der Waals surface area (Å²) in [5.41, 5.74) is 1.19. The SMILES string of the molecule is CC1C=C(C2=CC(=O)N=N2)C=CC1=S(=O)=O. The lowest BCUT2D eigenvalue weighted by Crippen LogP contribution is -2.11. The summed E-state index contributed by atoms with van der Waals surface area (Å²) in [5, 5.41) is 7.06. The van der Waals surface area contributed by atoms with Gasteiger partial charge in [-0.05, 0) is 11.6 Å². The van der Waals surface area contributed by atoms with E-state index in [1.165, 1.54) is 12.2 Å². The molecule has 1 atom stereocenters. The van der Waals surface area contributed by atoms with Gasteiger partial charge in [0.25, 0.3) is 5.91 Å². The van der Waals surface area contributed by atoms with Crippen molar-refractivity contribution in [2.75, 3.05) is 0 Å². The van der Waals surface area contributed by atoms with Crippen molar-refractivity contribution < 1.29 is 13.2 Å². The number of azo groups is 1. The number of hydrogen-bond acceptors (Lipinski definition) is 4. The minimum absolute atomic E-state index is 0.217. The molecular weight excluding hydrogens is 228 g/mol. The number of carbonyl (C=O) groups is 1. The molecule has 1 unspecified atom stereocenters. The first-order valence-corrected chi connectivity index (χ1v) is 5.69. The van der Waals surface area contributed by atoms with Gasteiger partial charge in [-0.15, -0.1) is 10.2 Å². The summed E-state index contributed by atoms with van der Waals surface area (Å²) in [6.07, 6.45) is 6.20.